The molecule has 2 N–H and O–H groups in total. The fourth-order valence-corrected chi connectivity index (χ4v) is 2.55. The molecule has 1 aliphatic rings. The highest BCUT2D eigenvalue weighted by atomic mass is 16.3. The first-order chi connectivity index (χ1) is 7.76. The van der Waals surface area contributed by atoms with E-state index in [0.29, 0.717) is 0 Å². The van der Waals surface area contributed by atoms with Crippen LogP contribution in [-0.2, 0) is 0 Å². The van der Waals surface area contributed by atoms with Crippen LogP contribution in [0.1, 0.15) is 37.7 Å². The standard InChI is InChI=1S/C14H21NO/c1-12-7-3-4-8-13(12)15-14(11-16)9-5-2-6-10-14/h3-4,7-8,15-16H,2,5-6,9-11H2,1H3. The lowest BCUT2D eigenvalue weighted by Crippen LogP contribution is -2.44. The Balaban J connectivity index is 2.15. The molecule has 1 fully saturated rings. The van der Waals surface area contributed by atoms with Crippen molar-refractivity contribution in [3.8, 4) is 0 Å². The van der Waals surface area contributed by atoms with Crippen molar-refractivity contribution >= 4 is 5.69 Å². The minimum Gasteiger partial charge on any atom is -0.394 e. The van der Waals surface area contributed by atoms with Crippen LogP contribution in [0.4, 0.5) is 5.69 Å². The number of para-hydroxylation sites is 1. The van der Waals surface area contributed by atoms with Gasteiger partial charge < -0.3 is 10.4 Å². The molecule has 0 unspecified atom stereocenters. The van der Waals surface area contributed by atoms with Crippen molar-refractivity contribution in [2.24, 2.45) is 0 Å². The van der Waals surface area contributed by atoms with Gasteiger partial charge >= 0.3 is 0 Å². The molecular formula is C14H21NO. The Hall–Kier alpha value is -1.02. The van der Waals surface area contributed by atoms with Crippen LogP contribution >= 0.6 is 0 Å². The van der Waals surface area contributed by atoms with Crippen molar-refractivity contribution in [2.75, 3.05) is 11.9 Å². The van der Waals surface area contributed by atoms with Gasteiger partial charge in [0, 0.05) is 5.69 Å². The van der Waals surface area contributed by atoms with Gasteiger partial charge in [0.05, 0.1) is 12.1 Å². The maximum atomic E-state index is 9.63. The molecule has 0 atom stereocenters. The van der Waals surface area contributed by atoms with Gasteiger partial charge in [-0.25, -0.2) is 0 Å². The van der Waals surface area contributed by atoms with E-state index >= 15 is 0 Å². The van der Waals surface area contributed by atoms with E-state index in [4.69, 9.17) is 0 Å². The van der Waals surface area contributed by atoms with Gasteiger partial charge in [-0.15, -0.1) is 0 Å². The number of aryl methyl sites for hydroxylation is 1. The summed E-state index contributed by atoms with van der Waals surface area (Å²) in [7, 11) is 0. The minimum atomic E-state index is -0.0790. The van der Waals surface area contributed by atoms with Gasteiger partial charge in [0.25, 0.3) is 0 Å². The van der Waals surface area contributed by atoms with Crippen LogP contribution in [0.15, 0.2) is 24.3 Å². The number of rotatable bonds is 3. The van der Waals surface area contributed by atoms with Crippen molar-refractivity contribution < 1.29 is 5.11 Å². The predicted molar refractivity (Wildman–Crippen MR) is 67.7 cm³/mol. The third-order valence-electron chi connectivity index (χ3n) is 3.66. The second-order valence-electron chi connectivity index (χ2n) is 4.94. The molecule has 0 heterocycles. The first-order valence-electron chi connectivity index (χ1n) is 6.20. The normalized spacial score (nSPS) is 19.4. The molecule has 88 valence electrons. The zero-order valence-electron chi connectivity index (χ0n) is 10.00. The van der Waals surface area contributed by atoms with Gasteiger partial charge in [0.1, 0.15) is 0 Å². The summed E-state index contributed by atoms with van der Waals surface area (Å²) in [6.07, 6.45) is 5.91. The number of hydrogen-bond acceptors (Lipinski definition) is 2. The Labute approximate surface area is 97.7 Å². The number of benzene rings is 1. The molecule has 0 amide bonds. The Morgan fingerprint density at radius 2 is 1.88 bits per heavy atom. The quantitative estimate of drug-likeness (QED) is 0.818. The summed E-state index contributed by atoms with van der Waals surface area (Å²) < 4.78 is 0. The fraction of sp³-hybridized carbons (Fsp3) is 0.571. The van der Waals surface area contributed by atoms with Crippen LogP contribution in [-0.4, -0.2) is 17.3 Å². The van der Waals surface area contributed by atoms with E-state index in [1.807, 2.05) is 12.1 Å². The first-order valence-corrected chi connectivity index (χ1v) is 6.20. The number of aliphatic hydroxyl groups excluding tert-OH is 1. The smallest absolute Gasteiger partial charge is 0.0661 e. The van der Waals surface area contributed by atoms with Crippen LogP contribution < -0.4 is 5.32 Å². The van der Waals surface area contributed by atoms with Crippen molar-refractivity contribution in [3.05, 3.63) is 29.8 Å². The maximum absolute atomic E-state index is 9.63. The molecule has 0 radical (unpaired) electrons. The maximum Gasteiger partial charge on any atom is 0.0661 e. The van der Waals surface area contributed by atoms with E-state index in [9.17, 15) is 5.11 Å². The van der Waals surface area contributed by atoms with E-state index in [1.54, 1.807) is 0 Å². The molecule has 0 spiro atoms. The highest BCUT2D eigenvalue weighted by Gasteiger charge is 2.31. The van der Waals surface area contributed by atoms with Crippen molar-refractivity contribution in [3.63, 3.8) is 0 Å². The SMILES string of the molecule is Cc1ccccc1NC1(CO)CCCCC1. The molecule has 1 aliphatic carbocycles. The summed E-state index contributed by atoms with van der Waals surface area (Å²) in [6, 6.07) is 8.30. The lowest BCUT2D eigenvalue weighted by atomic mass is 9.82. The third kappa shape index (κ3) is 2.38. The van der Waals surface area contributed by atoms with Gasteiger partial charge in [0.2, 0.25) is 0 Å². The van der Waals surface area contributed by atoms with Crippen LogP contribution in [0.5, 0.6) is 0 Å². The van der Waals surface area contributed by atoms with Crippen LogP contribution in [0.2, 0.25) is 0 Å². The molecule has 16 heavy (non-hydrogen) atoms. The number of anilines is 1. The van der Waals surface area contributed by atoms with E-state index in [1.165, 1.54) is 30.5 Å². The number of nitrogens with one attached hydrogen (secondary N) is 1. The molecule has 0 aromatic heterocycles. The predicted octanol–water partition coefficient (Wildman–Crippen LogP) is 3.10. The second kappa shape index (κ2) is 4.88. The lowest BCUT2D eigenvalue weighted by molar-refractivity contribution is 0.173. The Kier molecular flexibility index (Phi) is 3.49. The molecule has 0 saturated heterocycles. The van der Waals surface area contributed by atoms with Crippen molar-refractivity contribution in [1.29, 1.82) is 0 Å². The number of aliphatic hydroxyl groups is 1. The average Bonchev–Trinajstić information content (AvgIpc) is 2.33. The van der Waals surface area contributed by atoms with Crippen molar-refractivity contribution in [2.45, 2.75) is 44.6 Å². The van der Waals surface area contributed by atoms with E-state index in [0.717, 1.165) is 12.8 Å². The van der Waals surface area contributed by atoms with Gasteiger partial charge in [-0.3, -0.25) is 0 Å². The van der Waals surface area contributed by atoms with E-state index in [-0.39, 0.29) is 12.1 Å². The molecule has 1 saturated carbocycles. The van der Waals surface area contributed by atoms with Crippen LogP contribution in [0.3, 0.4) is 0 Å². The van der Waals surface area contributed by atoms with Crippen LogP contribution in [0, 0.1) is 6.92 Å². The number of hydrogen-bond donors (Lipinski definition) is 2. The monoisotopic (exact) mass is 219 g/mol. The van der Waals surface area contributed by atoms with Crippen LogP contribution in [0.25, 0.3) is 0 Å². The molecule has 2 rings (SSSR count). The molecular weight excluding hydrogens is 198 g/mol. The zero-order chi connectivity index (χ0) is 11.4. The minimum absolute atomic E-state index is 0.0790. The summed E-state index contributed by atoms with van der Waals surface area (Å²) in [5.74, 6) is 0. The fourth-order valence-electron chi connectivity index (χ4n) is 2.55. The average molecular weight is 219 g/mol. The summed E-state index contributed by atoms with van der Waals surface area (Å²) in [4.78, 5) is 0. The van der Waals surface area contributed by atoms with E-state index < -0.39 is 0 Å². The molecule has 1 aromatic carbocycles. The largest absolute Gasteiger partial charge is 0.394 e. The Bertz CT molecular complexity index is 342. The summed E-state index contributed by atoms with van der Waals surface area (Å²) in [6.45, 7) is 2.34. The summed E-state index contributed by atoms with van der Waals surface area (Å²) >= 11 is 0. The summed E-state index contributed by atoms with van der Waals surface area (Å²) in [5, 5.41) is 13.2. The lowest BCUT2D eigenvalue weighted by Gasteiger charge is -2.37. The van der Waals surface area contributed by atoms with Gasteiger partial charge in [-0.1, -0.05) is 37.5 Å². The molecule has 1 aromatic rings. The first kappa shape index (κ1) is 11.5. The Morgan fingerprint density at radius 1 is 1.19 bits per heavy atom. The zero-order valence-corrected chi connectivity index (χ0v) is 10.00. The topological polar surface area (TPSA) is 32.3 Å². The van der Waals surface area contributed by atoms with Gasteiger partial charge in [-0.2, -0.15) is 0 Å². The molecule has 2 heteroatoms. The second-order valence-corrected chi connectivity index (χ2v) is 4.94. The highest BCUT2D eigenvalue weighted by molar-refractivity contribution is 5.52. The van der Waals surface area contributed by atoms with E-state index in [2.05, 4.69) is 24.4 Å². The highest BCUT2D eigenvalue weighted by Crippen LogP contribution is 2.32. The van der Waals surface area contributed by atoms with Gasteiger partial charge in [0.15, 0.2) is 0 Å². The molecule has 0 aliphatic heterocycles. The Morgan fingerprint density at radius 3 is 2.50 bits per heavy atom. The van der Waals surface area contributed by atoms with Gasteiger partial charge in [-0.05, 0) is 31.4 Å². The third-order valence-corrected chi connectivity index (χ3v) is 3.66. The molecule has 2 nitrogen and oxygen atoms in total. The van der Waals surface area contributed by atoms with Crippen molar-refractivity contribution in [1.82, 2.24) is 0 Å². The summed E-state index contributed by atoms with van der Waals surface area (Å²) in [5.41, 5.74) is 2.34. The molecule has 0 bridgehead atoms.